The third-order valence-electron chi connectivity index (χ3n) is 5.80. The first-order valence-electron chi connectivity index (χ1n) is 10.9. The van der Waals surface area contributed by atoms with Crippen molar-refractivity contribution in [2.24, 2.45) is 5.10 Å². The number of hydrogen-bond donors (Lipinski definition) is 0. The van der Waals surface area contributed by atoms with Gasteiger partial charge in [0.2, 0.25) is 5.91 Å². The molecule has 2 aromatic heterocycles. The van der Waals surface area contributed by atoms with Crippen molar-refractivity contribution in [3.8, 4) is 22.7 Å². The number of ether oxygens (including phenoxy) is 1. The maximum Gasteiger partial charge on any atom is 0.242 e. The topological polar surface area (TPSA) is 59.7 Å². The first-order valence-corrected chi connectivity index (χ1v) is 11.8. The Hall–Kier alpha value is -3.71. The lowest BCUT2D eigenvalue weighted by atomic mass is 9.96. The van der Waals surface area contributed by atoms with Crippen LogP contribution in [0.4, 0.5) is 0 Å². The van der Waals surface area contributed by atoms with E-state index in [9.17, 15) is 4.79 Å². The molecule has 5 rings (SSSR count). The largest absolute Gasteiger partial charge is 0.496 e. The van der Waals surface area contributed by atoms with Crippen LogP contribution in [0.1, 0.15) is 36.9 Å². The molecule has 4 aromatic rings. The average molecular weight is 457 g/mol. The van der Waals surface area contributed by atoms with Crippen LogP contribution in [0.2, 0.25) is 0 Å². The van der Waals surface area contributed by atoms with E-state index in [1.807, 2.05) is 77.8 Å². The van der Waals surface area contributed by atoms with Gasteiger partial charge >= 0.3 is 0 Å². The number of carbonyl (C=O) groups excluding carboxylic acids is 1. The second-order valence-corrected chi connectivity index (χ2v) is 8.56. The Morgan fingerprint density at radius 1 is 1.12 bits per heavy atom. The maximum atomic E-state index is 13.0. The molecule has 0 aliphatic carbocycles. The number of rotatable bonds is 6. The highest BCUT2D eigenvalue weighted by Crippen LogP contribution is 2.40. The Bertz CT molecular complexity index is 1300. The number of para-hydroxylation sites is 2. The van der Waals surface area contributed by atoms with E-state index in [1.165, 1.54) is 0 Å². The summed E-state index contributed by atoms with van der Waals surface area (Å²) in [5.74, 6) is 0.729. The van der Waals surface area contributed by atoms with Crippen LogP contribution in [-0.4, -0.2) is 33.5 Å². The lowest BCUT2D eigenvalue weighted by Crippen LogP contribution is -2.26. The molecule has 0 radical (unpaired) electrons. The minimum Gasteiger partial charge on any atom is -0.496 e. The van der Waals surface area contributed by atoms with E-state index >= 15 is 0 Å². The van der Waals surface area contributed by atoms with Gasteiger partial charge in [0.15, 0.2) is 0 Å². The molecule has 0 N–H and O–H groups in total. The third-order valence-corrected chi connectivity index (χ3v) is 6.49. The molecule has 6 nitrogen and oxygen atoms in total. The molecule has 0 saturated heterocycles. The fourth-order valence-electron chi connectivity index (χ4n) is 4.16. The molecule has 2 aromatic carbocycles. The zero-order valence-corrected chi connectivity index (χ0v) is 19.3. The lowest BCUT2D eigenvalue weighted by Gasteiger charge is -2.21. The van der Waals surface area contributed by atoms with E-state index < -0.39 is 0 Å². The van der Waals surface area contributed by atoms with Gasteiger partial charge in [-0.2, -0.15) is 21.5 Å². The summed E-state index contributed by atoms with van der Waals surface area (Å²) in [6.07, 6.45) is 2.99. The van der Waals surface area contributed by atoms with Crippen LogP contribution < -0.4 is 4.74 Å². The Morgan fingerprint density at radius 2 is 1.91 bits per heavy atom. The van der Waals surface area contributed by atoms with E-state index in [1.54, 1.807) is 23.5 Å². The number of aromatic nitrogens is 2. The van der Waals surface area contributed by atoms with Gasteiger partial charge in [0.05, 0.1) is 30.2 Å². The molecule has 1 aliphatic heterocycles. The van der Waals surface area contributed by atoms with Crippen molar-refractivity contribution < 1.29 is 9.53 Å². The summed E-state index contributed by atoms with van der Waals surface area (Å²) < 4.78 is 7.45. The predicted molar refractivity (Wildman–Crippen MR) is 131 cm³/mol. The lowest BCUT2D eigenvalue weighted by molar-refractivity contribution is -0.132. The summed E-state index contributed by atoms with van der Waals surface area (Å²) in [6, 6.07) is 19.6. The molecular formula is C26H24N4O2S. The van der Waals surface area contributed by atoms with Gasteiger partial charge < -0.3 is 4.74 Å². The second-order valence-electron chi connectivity index (χ2n) is 7.78. The first-order chi connectivity index (χ1) is 16.2. The van der Waals surface area contributed by atoms with Crippen molar-refractivity contribution in [2.75, 3.05) is 7.11 Å². The summed E-state index contributed by atoms with van der Waals surface area (Å²) in [4.78, 5) is 13.0. The van der Waals surface area contributed by atoms with Crippen LogP contribution in [0, 0.1) is 0 Å². The number of methoxy groups -OCH3 is 1. The van der Waals surface area contributed by atoms with Gasteiger partial charge in [0.1, 0.15) is 5.75 Å². The normalized spacial score (nSPS) is 15.5. The SMILES string of the molecule is CCC(=O)N1N=C(c2ccccc2OC)CC1c1cn(-c2ccccc2)nc1-c1ccsc1. The van der Waals surface area contributed by atoms with Crippen LogP contribution >= 0.6 is 11.3 Å². The highest BCUT2D eigenvalue weighted by Gasteiger charge is 2.36. The van der Waals surface area contributed by atoms with Crippen LogP contribution in [-0.2, 0) is 4.79 Å². The van der Waals surface area contributed by atoms with Crippen LogP contribution in [0.5, 0.6) is 5.75 Å². The average Bonchev–Trinajstić information content (AvgIpc) is 3.63. The molecule has 0 spiro atoms. The fraction of sp³-hybridized carbons (Fsp3) is 0.192. The van der Waals surface area contributed by atoms with Crippen LogP contribution in [0.15, 0.2) is 82.7 Å². The summed E-state index contributed by atoms with van der Waals surface area (Å²) in [7, 11) is 1.65. The van der Waals surface area contributed by atoms with Gasteiger partial charge in [-0.05, 0) is 35.7 Å². The van der Waals surface area contributed by atoms with Crippen molar-refractivity contribution in [3.05, 3.63) is 88.7 Å². The van der Waals surface area contributed by atoms with Gasteiger partial charge in [0.25, 0.3) is 0 Å². The van der Waals surface area contributed by atoms with Crippen molar-refractivity contribution in [3.63, 3.8) is 0 Å². The van der Waals surface area contributed by atoms with E-state index in [2.05, 4.69) is 11.4 Å². The summed E-state index contributed by atoms with van der Waals surface area (Å²) in [5.41, 5.74) is 5.60. The molecule has 33 heavy (non-hydrogen) atoms. The van der Waals surface area contributed by atoms with Gasteiger partial charge in [-0.1, -0.05) is 37.3 Å². The maximum absolute atomic E-state index is 13.0. The number of thiophene rings is 1. The zero-order valence-electron chi connectivity index (χ0n) is 18.5. The van der Waals surface area contributed by atoms with E-state index in [-0.39, 0.29) is 11.9 Å². The monoisotopic (exact) mass is 456 g/mol. The van der Waals surface area contributed by atoms with Gasteiger partial charge in [-0.15, -0.1) is 0 Å². The van der Waals surface area contributed by atoms with Crippen molar-refractivity contribution >= 4 is 23.0 Å². The highest BCUT2D eigenvalue weighted by molar-refractivity contribution is 7.08. The van der Waals surface area contributed by atoms with Crippen molar-refractivity contribution in [1.29, 1.82) is 0 Å². The van der Waals surface area contributed by atoms with Crippen LogP contribution in [0.25, 0.3) is 16.9 Å². The number of hydrazone groups is 1. The number of carbonyl (C=O) groups is 1. The molecule has 1 unspecified atom stereocenters. The van der Waals surface area contributed by atoms with Gasteiger partial charge in [0, 0.05) is 41.1 Å². The molecule has 0 saturated carbocycles. The van der Waals surface area contributed by atoms with Crippen molar-refractivity contribution in [2.45, 2.75) is 25.8 Å². The predicted octanol–water partition coefficient (Wildman–Crippen LogP) is 5.70. The molecule has 0 fully saturated rings. The Morgan fingerprint density at radius 3 is 2.64 bits per heavy atom. The number of amides is 1. The minimum absolute atomic E-state index is 0.0198. The third kappa shape index (κ3) is 3.96. The van der Waals surface area contributed by atoms with Gasteiger partial charge in [-0.3, -0.25) is 4.79 Å². The molecule has 166 valence electrons. The molecular weight excluding hydrogens is 432 g/mol. The Kier molecular flexibility index (Phi) is 5.79. The Labute approximate surface area is 196 Å². The van der Waals surface area contributed by atoms with Crippen LogP contribution in [0.3, 0.4) is 0 Å². The molecule has 7 heteroatoms. The highest BCUT2D eigenvalue weighted by atomic mass is 32.1. The zero-order chi connectivity index (χ0) is 22.8. The smallest absolute Gasteiger partial charge is 0.242 e. The number of nitrogens with zero attached hydrogens (tertiary/aromatic N) is 4. The summed E-state index contributed by atoms with van der Waals surface area (Å²) in [5, 5.41) is 15.5. The van der Waals surface area contributed by atoms with E-state index in [4.69, 9.17) is 14.9 Å². The summed E-state index contributed by atoms with van der Waals surface area (Å²) >= 11 is 1.63. The molecule has 1 amide bonds. The summed E-state index contributed by atoms with van der Waals surface area (Å²) in [6.45, 7) is 1.86. The number of benzene rings is 2. The molecule has 1 atom stereocenters. The van der Waals surface area contributed by atoms with E-state index in [0.717, 1.165) is 39.5 Å². The fourth-order valence-corrected chi connectivity index (χ4v) is 4.80. The number of hydrogen-bond acceptors (Lipinski definition) is 5. The molecule has 0 bridgehead atoms. The molecule has 1 aliphatic rings. The quantitative estimate of drug-likeness (QED) is 0.374. The van der Waals surface area contributed by atoms with Gasteiger partial charge in [-0.25, -0.2) is 9.69 Å². The standard InChI is InChI=1S/C26H24N4O2S/c1-3-25(31)30-23(15-22(27-30)20-11-7-8-12-24(20)32-2)21-16-29(19-9-5-4-6-10-19)28-26(21)18-13-14-33-17-18/h4-14,16-17,23H,3,15H2,1-2H3. The van der Waals surface area contributed by atoms with E-state index in [0.29, 0.717) is 12.8 Å². The Balaban J connectivity index is 1.61. The second kappa shape index (κ2) is 9.03. The van der Waals surface area contributed by atoms with Crippen molar-refractivity contribution in [1.82, 2.24) is 14.8 Å². The minimum atomic E-state index is -0.246. The molecule has 3 heterocycles. The first kappa shape index (κ1) is 21.2.